The fraction of sp³-hybridized carbons (Fsp3) is 0.136. The highest BCUT2D eigenvalue weighted by atomic mass is 16.5. The highest BCUT2D eigenvalue weighted by molar-refractivity contribution is 6.06. The number of amides is 2. The third kappa shape index (κ3) is 3.62. The number of para-hydroxylation sites is 1. The normalized spacial score (nSPS) is 13.0. The molecule has 0 unspecified atom stereocenters. The molecule has 1 aliphatic rings. The van der Waals surface area contributed by atoms with Crippen molar-refractivity contribution < 1.29 is 18.7 Å². The summed E-state index contributed by atoms with van der Waals surface area (Å²) in [5.74, 6) is -0.257. The quantitative estimate of drug-likeness (QED) is 0.545. The van der Waals surface area contributed by atoms with Crippen molar-refractivity contribution in [2.24, 2.45) is 0 Å². The van der Waals surface area contributed by atoms with Crippen molar-refractivity contribution in [2.75, 3.05) is 23.4 Å². The summed E-state index contributed by atoms with van der Waals surface area (Å²) < 4.78 is 10.7. The van der Waals surface area contributed by atoms with Gasteiger partial charge in [0.1, 0.15) is 16.9 Å². The van der Waals surface area contributed by atoms with Crippen LogP contribution in [0.1, 0.15) is 17.3 Å². The smallest absolute Gasteiger partial charge is 0.349 e. The third-order valence-corrected chi connectivity index (χ3v) is 4.47. The van der Waals surface area contributed by atoms with Gasteiger partial charge in [-0.3, -0.25) is 9.59 Å². The number of fused-ring (bicyclic) bond motifs is 2. The number of hydrogen-bond acceptors (Lipinski definition) is 5. The van der Waals surface area contributed by atoms with Crippen LogP contribution in [-0.4, -0.2) is 25.0 Å². The number of carbonyl (C=O) groups excluding carboxylic acids is 2. The zero-order valence-corrected chi connectivity index (χ0v) is 15.7. The van der Waals surface area contributed by atoms with Crippen LogP contribution in [0.3, 0.4) is 0 Å². The summed E-state index contributed by atoms with van der Waals surface area (Å²) in [7, 11) is 0. The zero-order valence-electron chi connectivity index (χ0n) is 15.7. The van der Waals surface area contributed by atoms with Gasteiger partial charge in [0.2, 0.25) is 0 Å². The van der Waals surface area contributed by atoms with E-state index in [2.05, 4.69) is 11.9 Å². The molecule has 1 N–H and O–H groups in total. The molecule has 0 bridgehead atoms. The molecular weight excluding hydrogens is 372 g/mol. The second kappa shape index (κ2) is 7.27. The summed E-state index contributed by atoms with van der Waals surface area (Å²) in [6.45, 7) is 5.98. The Balaban J connectivity index is 1.65. The first-order chi connectivity index (χ1) is 13.9. The number of anilines is 2. The second-order valence-electron chi connectivity index (χ2n) is 6.85. The number of benzene rings is 2. The van der Waals surface area contributed by atoms with Gasteiger partial charge in [0.15, 0.2) is 6.61 Å². The van der Waals surface area contributed by atoms with Gasteiger partial charge in [-0.05, 0) is 37.3 Å². The molecule has 146 valence electrons. The maximum absolute atomic E-state index is 12.7. The standard InChI is InChI=1S/C22H18N2O5/c1-13(2)11-24-17-10-15(7-8-19(17)28-12-20(24)25)23-21(26)16-9-14-5-3-4-6-18(14)29-22(16)27/h3-10H,1,11-12H2,2H3,(H,23,26). The van der Waals surface area contributed by atoms with Crippen molar-refractivity contribution in [1.29, 1.82) is 0 Å². The predicted octanol–water partition coefficient (Wildman–Crippen LogP) is 3.35. The largest absolute Gasteiger partial charge is 0.482 e. The summed E-state index contributed by atoms with van der Waals surface area (Å²) in [6, 6.07) is 13.4. The summed E-state index contributed by atoms with van der Waals surface area (Å²) in [4.78, 5) is 38.7. The molecule has 4 rings (SSSR count). The fourth-order valence-corrected chi connectivity index (χ4v) is 3.14. The summed E-state index contributed by atoms with van der Waals surface area (Å²) >= 11 is 0. The highest BCUT2D eigenvalue weighted by Gasteiger charge is 2.26. The molecular formula is C22H18N2O5. The molecule has 7 nitrogen and oxygen atoms in total. The SMILES string of the molecule is C=C(C)CN1C(=O)COc2ccc(NC(=O)c3cc4ccccc4oc3=O)cc21. The van der Waals surface area contributed by atoms with Crippen LogP contribution in [-0.2, 0) is 4.79 Å². The minimum Gasteiger partial charge on any atom is -0.482 e. The number of ether oxygens (including phenoxy) is 1. The van der Waals surface area contributed by atoms with E-state index in [-0.39, 0.29) is 18.1 Å². The Kier molecular flexibility index (Phi) is 4.64. The molecule has 2 aromatic carbocycles. The van der Waals surface area contributed by atoms with Gasteiger partial charge in [0.25, 0.3) is 11.8 Å². The lowest BCUT2D eigenvalue weighted by molar-refractivity contribution is -0.121. The van der Waals surface area contributed by atoms with E-state index in [0.717, 1.165) is 5.57 Å². The monoisotopic (exact) mass is 390 g/mol. The maximum Gasteiger partial charge on any atom is 0.349 e. The number of carbonyl (C=O) groups is 2. The lowest BCUT2D eigenvalue weighted by Crippen LogP contribution is -2.39. The van der Waals surface area contributed by atoms with Crippen LogP contribution >= 0.6 is 0 Å². The lowest BCUT2D eigenvalue weighted by Gasteiger charge is -2.30. The van der Waals surface area contributed by atoms with E-state index in [1.807, 2.05) is 6.92 Å². The Morgan fingerprint density at radius 2 is 1.97 bits per heavy atom. The molecule has 0 saturated carbocycles. The average Bonchev–Trinajstić information content (AvgIpc) is 2.69. The topological polar surface area (TPSA) is 88.8 Å². The number of rotatable bonds is 4. The number of hydrogen-bond donors (Lipinski definition) is 1. The first-order valence-electron chi connectivity index (χ1n) is 8.98. The van der Waals surface area contributed by atoms with Gasteiger partial charge in [-0.25, -0.2) is 4.79 Å². The van der Waals surface area contributed by atoms with E-state index in [4.69, 9.17) is 9.15 Å². The first-order valence-corrected chi connectivity index (χ1v) is 8.98. The van der Waals surface area contributed by atoms with Crippen molar-refractivity contribution in [2.45, 2.75) is 6.92 Å². The van der Waals surface area contributed by atoms with Gasteiger partial charge in [-0.2, -0.15) is 0 Å². The summed E-state index contributed by atoms with van der Waals surface area (Å²) in [6.07, 6.45) is 0. The molecule has 0 aliphatic carbocycles. The fourth-order valence-electron chi connectivity index (χ4n) is 3.14. The molecule has 0 radical (unpaired) electrons. The van der Waals surface area contributed by atoms with Crippen LogP contribution in [0.5, 0.6) is 5.75 Å². The van der Waals surface area contributed by atoms with Crippen LogP contribution in [0.2, 0.25) is 0 Å². The molecule has 7 heteroatoms. The van der Waals surface area contributed by atoms with E-state index in [9.17, 15) is 14.4 Å². The van der Waals surface area contributed by atoms with E-state index in [1.54, 1.807) is 47.4 Å². The summed E-state index contributed by atoms with van der Waals surface area (Å²) in [5, 5.41) is 3.34. The Morgan fingerprint density at radius 1 is 1.17 bits per heavy atom. The van der Waals surface area contributed by atoms with E-state index < -0.39 is 11.5 Å². The number of nitrogens with zero attached hydrogens (tertiary/aromatic N) is 1. The van der Waals surface area contributed by atoms with Crippen LogP contribution < -0.4 is 20.6 Å². The Morgan fingerprint density at radius 3 is 2.76 bits per heavy atom. The molecule has 0 atom stereocenters. The van der Waals surface area contributed by atoms with E-state index >= 15 is 0 Å². The predicted molar refractivity (Wildman–Crippen MR) is 110 cm³/mol. The third-order valence-electron chi connectivity index (χ3n) is 4.47. The molecule has 1 aromatic heterocycles. The Bertz CT molecular complexity index is 1210. The average molecular weight is 390 g/mol. The van der Waals surface area contributed by atoms with Gasteiger partial charge in [0.05, 0.1) is 5.69 Å². The Hall–Kier alpha value is -3.87. The van der Waals surface area contributed by atoms with Gasteiger partial charge < -0.3 is 19.4 Å². The van der Waals surface area contributed by atoms with Gasteiger partial charge in [-0.15, -0.1) is 0 Å². The van der Waals surface area contributed by atoms with Crippen molar-refractivity contribution in [3.63, 3.8) is 0 Å². The van der Waals surface area contributed by atoms with Crippen LogP contribution in [0, 0.1) is 0 Å². The van der Waals surface area contributed by atoms with Gasteiger partial charge >= 0.3 is 5.63 Å². The Labute approximate surface area is 166 Å². The maximum atomic E-state index is 12.7. The van der Waals surface area contributed by atoms with Crippen molar-refractivity contribution in [1.82, 2.24) is 0 Å². The van der Waals surface area contributed by atoms with Gasteiger partial charge in [0, 0.05) is 17.6 Å². The molecule has 2 heterocycles. The lowest BCUT2D eigenvalue weighted by atomic mass is 10.1. The van der Waals surface area contributed by atoms with E-state index in [0.29, 0.717) is 34.6 Å². The highest BCUT2D eigenvalue weighted by Crippen LogP contribution is 2.35. The van der Waals surface area contributed by atoms with Gasteiger partial charge in [-0.1, -0.05) is 30.4 Å². The van der Waals surface area contributed by atoms with Crippen molar-refractivity contribution >= 4 is 34.2 Å². The number of nitrogens with one attached hydrogen (secondary N) is 1. The minimum absolute atomic E-state index is 0.0515. The second-order valence-corrected chi connectivity index (χ2v) is 6.85. The minimum atomic E-state index is -0.721. The molecule has 1 aliphatic heterocycles. The van der Waals surface area contributed by atoms with Crippen molar-refractivity contribution in [3.8, 4) is 5.75 Å². The molecule has 0 spiro atoms. The molecule has 0 fully saturated rings. The zero-order chi connectivity index (χ0) is 20.5. The first kappa shape index (κ1) is 18.5. The summed E-state index contributed by atoms with van der Waals surface area (Å²) in [5.41, 5.74) is 1.36. The van der Waals surface area contributed by atoms with Crippen LogP contribution in [0.4, 0.5) is 11.4 Å². The van der Waals surface area contributed by atoms with Crippen molar-refractivity contribution in [3.05, 3.63) is 76.7 Å². The van der Waals surface area contributed by atoms with E-state index in [1.165, 1.54) is 6.07 Å². The molecule has 2 amide bonds. The molecule has 29 heavy (non-hydrogen) atoms. The van der Waals surface area contributed by atoms with Crippen LogP contribution in [0.25, 0.3) is 11.0 Å². The molecule has 0 saturated heterocycles. The van der Waals surface area contributed by atoms with Crippen LogP contribution in [0.15, 0.2) is 69.9 Å². The molecule has 3 aromatic rings.